The Hall–Kier alpha value is -1.78. The standard InChI is InChI=1S/C9H13N3O2/c1-5(2)14-9(13)7-3-6(10)4-12-8(7)11/h3-5H,10H2,1-2H3,(H2,11,12). The van der Waals surface area contributed by atoms with Gasteiger partial charge in [-0.2, -0.15) is 0 Å². The van der Waals surface area contributed by atoms with Crippen LogP contribution in [0.3, 0.4) is 0 Å². The van der Waals surface area contributed by atoms with Crippen LogP contribution in [0.25, 0.3) is 0 Å². The quantitative estimate of drug-likeness (QED) is 0.681. The molecule has 1 aromatic rings. The number of pyridine rings is 1. The molecule has 0 atom stereocenters. The van der Waals surface area contributed by atoms with E-state index in [0.29, 0.717) is 5.69 Å². The molecule has 0 bridgehead atoms. The van der Waals surface area contributed by atoms with Crippen molar-refractivity contribution in [1.82, 2.24) is 4.98 Å². The summed E-state index contributed by atoms with van der Waals surface area (Å²) in [4.78, 5) is 15.2. The summed E-state index contributed by atoms with van der Waals surface area (Å²) in [5.41, 5.74) is 11.6. The van der Waals surface area contributed by atoms with Gasteiger partial charge in [0.2, 0.25) is 0 Å². The van der Waals surface area contributed by atoms with Crippen LogP contribution in [0.15, 0.2) is 12.3 Å². The molecule has 0 aliphatic heterocycles. The van der Waals surface area contributed by atoms with Gasteiger partial charge >= 0.3 is 5.97 Å². The van der Waals surface area contributed by atoms with E-state index in [0.717, 1.165) is 0 Å². The third kappa shape index (κ3) is 2.35. The summed E-state index contributed by atoms with van der Waals surface area (Å²) < 4.78 is 4.96. The molecule has 0 aromatic carbocycles. The largest absolute Gasteiger partial charge is 0.459 e. The molecule has 0 fully saturated rings. The highest BCUT2D eigenvalue weighted by Gasteiger charge is 2.13. The first-order chi connectivity index (χ1) is 6.50. The molecule has 4 N–H and O–H groups in total. The minimum absolute atomic E-state index is 0.129. The number of esters is 1. The zero-order valence-corrected chi connectivity index (χ0v) is 8.15. The highest BCUT2D eigenvalue weighted by atomic mass is 16.5. The van der Waals surface area contributed by atoms with Crippen molar-refractivity contribution < 1.29 is 9.53 Å². The Kier molecular flexibility index (Phi) is 2.91. The van der Waals surface area contributed by atoms with Crippen molar-refractivity contribution in [1.29, 1.82) is 0 Å². The van der Waals surface area contributed by atoms with Crippen LogP contribution in [-0.2, 0) is 4.74 Å². The molecule has 5 heteroatoms. The fourth-order valence-electron chi connectivity index (χ4n) is 0.933. The third-order valence-corrected chi connectivity index (χ3v) is 1.50. The molecule has 0 radical (unpaired) electrons. The molecule has 1 heterocycles. The topological polar surface area (TPSA) is 91.2 Å². The Morgan fingerprint density at radius 3 is 2.71 bits per heavy atom. The summed E-state index contributed by atoms with van der Waals surface area (Å²) in [7, 11) is 0. The van der Waals surface area contributed by atoms with Crippen molar-refractivity contribution in [2.24, 2.45) is 0 Å². The number of nitrogens with zero attached hydrogens (tertiary/aromatic N) is 1. The fraction of sp³-hybridized carbons (Fsp3) is 0.333. The molecule has 0 unspecified atom stereocenters. The van der Waals surface area contributed by atoms with E-state index in [1.165, 1.54) is 12.3 Å². The van der Waals surface area contributed by atoms with Gasteiger partial charge in [-0.25, -0.2) is 9.78 Å². The van der Waals surface area contributed by atoms with Crippen LogP contribution in [0.1, 0.15) is 24.2 Å². The number of carbonyl (C=O) groups is 1. The van der Waals surface area contributed by atoms with Crippen LogP contribution in [0.2, 0.25) is 0 Å². The highest BCUT2D eigenvalue weighted by Crippen LogP contribution is 2.14. The fourth-order valence-corrected chi connectivity index (χ4v) is 0.933. The van der Waals surface area contributed by atoms with E-state index in [1.54, 1.807) is 13.8 Å². The van der Waals surface area contributed by atoms with Crippen LogP contribution in [-0.4, -0.2) is 17.1 Å². The molecule has 1 rings (SSSR count). The van der Waals surface area contributed by atoms with E-state index in [9.17, 15) is 4.79 Å². The SMILES string of the molecule is CC(C)OC(=O)c1cc(N)cnc1N. The zero-order chi connectivity index (χ0) is 10.7. The van der Waals surface area contributed by atoms with Crippen molar-refractivity contribution in [3.63, 3.8) is 0 Å². The van der Waals surface area contributed by atoms with Crippen LogP contribution >= 0.6 is 0 Å². The maximum Gasteiger partial charge on any atom is 0.342 e. The number of nitrogens with two attached hydrogens (primary N) is 2. The van der Waals surface area contributed by atoms with Gasteiger partial charge in [-0.15, -0.1) is 0 Å². The van der Waals surface area contributed by atoms with Crippen LogP contribution in [0, 0.1) is 0 Å². The number of nitrogen functional groups attached to an aromatic ring is 2. The van der Waals surface area contributed by atoms with Crippen molar-refractivity contribution >= 4 is 17.5 Å². The number of rotatable bonds is 2. The molecule has 0 aliphatic rings. The van der Waals surface area contributed by atoms with Crippen molar-refractivity contribution in [2.75, 3.05) is 11.5 Å². The van der Waals surface area contributed by atoms with E-state index in [1.807, 2.05) is 0 Å². The molecule has 1 aromatic heterocycles. The minimum Gasteiger partial charge on any atom is -0.459 e. The van der Waals surface area contributed by atoms with Gasteiger partial charge in [0.05, 0.1) is 18.0 Å². The number of carbonyl (C=O) groups excluding carboxylic acids is 1. The predicted molar refractivity (Wildman–Crippen MR) is 53.6 cm³/mol. The van der Waals surface area contributed by atoms with Crippen LogP contribution < -0.4 is 11.5 Å². The summed E-state index contributed by atoms with van der Waals surface area (Å²) >= 11 is 0. The molecule has 0 amide bonds. The first-order valence-corrected chi connectivity index (χ1v) is 4.22. The summed E-state index contributed by atoms with van der Waals surface area (Å²) in [6.07, 6.45) is 1.20. The maximum atomic E-state index is 11.4. The van der Waals surface area contributed by atoms with Gasteiger partial charge < -0.3 is 16.2 Å². The minimum atomic E-state index is -0.503. The molecule has 0 aliphatic carbocycles. The lowest BCUT2D eigenvalue weighted by Gasteiger charge is -2.09. The number of anilines is 2. The zero-order valence-electron chi connectivity index (χ0n) is 8.15. The van der Waals surface area contributed by atoms with Crippen molar-refractivity contribution in [3.05, 3.63) is 17.8 Å². The number of ether oxygens (including phenoxy) is 1. The second kappa shape index (κ2) is 3.95. The van der Waals surface area contributed by atoms with Gasteiger partial charge in [-0.05, 0) is 19.9 Å². The molecule has 76 valence electrons. The first kappa shape index (κ1) is 10.3. The van der Waals surface area contributed by atoms with Gasteiger partial charge in [0, 0.05) is 0 Å². The summed E-state index contributed by atoms with van der Waals surface area (Å²) in [6.45, 7) is 3.52. The monoisotopic (exact) mass is 195 g/mol. The Balaban J connectivity index is 2.94. The Bertz CT molecular complexity index is 350. The third-order valence-electron chi connectivity index (χ3n) is 1.50. The second-order valence-corrected chi connectivity index (χ2v) is 3.16. The van der Waals surface area contributed by atoms with Crippen LogP contribution in [0.5, 0.6) is 0 Å². The van der Waals surface area contributed by atoms with Crippen LogP contribution in [0.4, 0.5) is 11.5 Å². The molecule has 0 saturated carbocycles. The number of hydrogen-bond acceptors (Lipinski definition) is 5. The van der Waals surface area contributed by atoms with Gasteiger partial charge in [-0.1, -0.05) is 0 Å². The van der Waals surface area contributed by atoms with Gasteiger partial charge in [0.15, 0.2) is 0 Å². The van der Waals surface area contributed by atoms with Crippen molar-refractivity contribution in [2.45, 2.75) is 20.0 Å². The van der Waals surface area contributed by atoms with E-state index in [4.69, 9.17) is 16.2 Å². The first-order valence-electron chi connectivity index (χ1n) is 4.22. The van der Waals surface area contributed by atoms with Gasteiger partial charge in [0.1, 0.15) is 11.4 Å². The summed E-state index contributed by atoms with van der Waals surface area (Å²) in [5.74, 6) is -0.373. The lowest BCUT2D eigenvalue weighted by molar-refractivity contribution is 0.0379. The molecular weight excluding hydrogens is 182 g/mol. The average molecular weight is 195 g/mol. The summed E-state index contributed by atoms with van der Waals surface area (Å²) in [6, 6.07) is 1.45. The molecule has 14 heavy (non-hydrogen) atoms. The molecule has 0 saturated heterocycles. The predicted octanol–water partition coefficient (Wildman–Crippen LogP) is 0.811. The molecular formula is C9H13N3O2. The average Bonchev–Trinajstić information content (AvgIpc) is 2.08. The van der Waals surface area contributed by atoms with E-state index >= 15 is 0 Å². The Labute approximate surface area is 82.1 Å². The van der Waals surface area contributed by atoms with E-state index in [2.05, 4.69) is 4.98 Å². The summed E-state index contributed by atoms with van der Waals surface area (Å²) in [5, 5.41) is 0. The molecule has 0 spiro atoms. The van der Waals surface area contributed by atoms with Gasteiger partial charge in [0.25, 0.3) is 0 Å². The second-order valence-electron chi connectivity index (χ2n) is 3.16. The van der Waals surface area contributed by atoms with E-state index < -0.39 is 5.97 Å². The van der Waals surface area contributed by atoms with Gasteiger partial charge in [-0.3, -0.25) is 0 Å². The lowest BCUT2D eigenvalue weighted by atomic mass is 10.2. The smallest absolute Gasteiger partial charge is 0.342 e. The molecule has 5 nitrogen and oxygen atoms in total. The van der Waals surface area contributed by atoms with E-state index in [-0.39, 0.29) is 17.5 Å². The maximum absolute atomic E-state index is 11.4. The normalized spacial score (nSPS) is 10.2. The highest BCUT2D eigenvalue weighted by molar-refractivity contribution is 5.95. The van der Waals surface area contributed by atoms with Crippen molar-refractivity contribution in [3.8, 4) is 0 Å². The lowest BCUT2D eigenvalue weighted by Crippen LogP contribution is -2.14. The Morgan fingerprint density at radius 2 is 2.14 bits per heavy atom. The Morgan fingerprint density at radius 1 is 1.50 bits per heavy atom. The number of aromatic nitrogens is 1. The number of hydrogen-bond donors (Lipinski definition) is 2.